The average molecular weight is 371 g/mol. The molecule has 0 bridgehead atoms. The predicted molar refractivity (Wildman–Crippen MR) is 109 cm³/mol. The Morgan fingerprint density at radius 3 is 2.39 bits per heavy atom. The lowest BCUT2D eigenvalue weighted by Crippen LogP contribution is -2.48. The molecule has 0 saturated carbocycles. The number of nitriles is 1. The zero-order valence-electron chi connectivity index (χ0n) is 15.4. The van der Waals surface area contributed by atoms with Gasteiger partial charge >= 0.3 is 0 Å². The number of hydrogen-bond acceptors (Lipinski definition) is 3. The Kier molecular flexibility index (Phi) is 6.37. The fourth-order valence-electron chi connectivity index (χ4n) is 3.01. The van der Waals surface area contributed by atoms with Gasteiger partial charge in [-0.1, -0.05) is 60.7 Å². The van der Waals surface area contributed by atoms with Gasteiger partial charge < -0.3 is 10.6 Å². The summed E-state index contributed by atoms with van der Waals surface area (Å²) in [6.07, 6.45) is 0.586. The van der Waals surface area contributed by atoms with Gasteiger partial charge in [-0.05, 0) is 28.5 Å². The van der Waals surface area contributed by atoms with E-state index in [0.717, 1.165) is 16.3 Å². The summed E-state index contributed by atoms with van der Waals surface area (Å²) >= 11 is 0. The smallest absolute Gasteiger partial charge is 0.251 e. The van der Waals surface area contributed by atoms with E-state index in [1.165, 1.54) is 0 Å². The molecule has 0 saturated heterocycles. The van der Waals surface area contributed by atoms with Gasteiger partial charge in [-0.2, -0.15) is 5.26 Å². The number of nitrogens with one attached hydrogen (secondary N) is 2. The number of carbonyl (C=O) groups is 2. The molecule has 3 aromatic rings. The number of rotatable bonds is 7. The molecule has 3 rings (SSSR count). The van der Waals surface area contributed by atoms with Crippen molar-refractivity contribution in [3.8, 4) is 6.07 Å². The molecule has 0 spiro atoms. The van der Waals surface area contributed by atoms with E-state index < -0.39 is 6.04 Å². The highest BCUT2D eigenvalue weighted by Gasteiger charge is 2.21. The summed E-state index contributed by atoms with van der Waals surface area (Å²) in [4.78, 5) is 25.2. The van der Waals surface area contributed by atoms with E-state index in [1.807, 2.05) is 54.6 Å². The number of nitrogens with zero attached hydrogens (tertiary/aromatic N) is 1. The van der Waals surface area contributed by atoms with Crippen molar-refractivity contribution in [1.82, 2.24) is 10.6 Å². The lowest BCUT2D eigenvalue weighted by molar-refractivity contribution is -0.122. The lowest BCUT2D eigenvalue weighted by Gasteiger charge is -2.19. The van der Waals surface area contributed by atoms with Gasteiger partial charge in [-0.3, -0.25) is 9.59 Å². The maximum Gasteiger partial charge on any atom is 0.251 e. The van der Waals surface area contributed by atoms with Gasteiger partial charge in [0.1, 0.15) is 6.04 Å². The molecule has 5 heteroatoms. The second kappa shape index (κ2) is 9.33. The second-order valence-corrected chi connectivity index (χ2v) is 6.48. The number of benzene rings is 3. The average Bonchev–Trinajstić information content (AvgIpc) is 2.74. The second-order valence-electron chi connectivity index (χ2n) is 6.48. The highest BCUT2D eigenvalue weighted by atomic mass is 16.2. The number of amides is 2. The van der Waals surface area contributed by atoms with Crippen LogP contribution in [0.25, 0.3) is 10.8 Å². The van der Waals surface area contributed by atoms with Crippen LogP contribution in [0.3, 0.4) is 0 Å². The fourth-order valence-corrected chi connectivity index (χ4v) is 3.01. The first kappa shape index (κ1) is 19.1. The molecule has 1 unspecified atom stereocenters. The van der Waals surface area contributed by atoms with Gasteiger partial charge in [-0.15, -0.1) is 0 Å². The largest absolute Gasteiger partial charge is 0.353 e. The molecular weight excluding hydrogens is 350 g/mol. The van der Waals surface area contributed by atoms with Crippen molar-refractivity contribution >= 4 is 22.6 Å². The fraction of sp³-hybridized carbons (Fsp3) is 0.174. The number of fused-ring (bicyclic) bond motifs is 1. The summed E-state index contributed by atoms with van der Waals surface area (Å²) in [7, 11) is 0. The quantitative estimate of drug-likeness (QED) is 0.626. The van der Waals surface area contributed by atoms with Crippen LogP contribution in [0.15, 0.2) is 72.8 Å². The third-order valence-corrected chi connectivity index (χ3v) is 4.45. The Hall–Kier alpha value is -3.65. The van der Waals surface area contributed by atoms with E-state index >= 15 is 0 Å². The van der Waals surface area contributed by atoms with E-state index in [4.69, 9.17) is 5.26 Å². The molecule has 0 aliphatic carbocycles. The normalized spacial score (nSPS) is 11.4. The Bertz CT molecular complexity index is 1010. The van der Waals surface area contributed by atoms with Crippen LogP contribution in [0.1, 0.15) is 22.3 Å². The van der Waals surface area contributed by atoms with E-state index in [9.17, 15) is 9.59 Å². The van der Waals surface area contributed by atoms with E-state index in [1.54, 1.807) is 24.3 Å². The molecule has 140 valence electrons. The molecule has 28 heavy (non-hydrogen) atoms. The van der Waals surface area contributed by atoms with E-state index in [0.29, 0.717) is 12.0 Å². The van der Waals surface area contributed by atoms with Crippen LogP contribution in [0.4, 0.5) is 0 Å². The molecule has 0 aromatic heterocycles. The molecule has 0 aliphatic heterocycles. The van der Waals surface area contributed by atoms with Crippen molar-refractivity contribution < 1.29 is 9.59 Å². The van der Waals surface area contributed by atoms with Crippen molar-refractivity contribution in [2.75, 3.05) is 6.54 Å². The van der Waals surface area contributed by atoms with E-state index in [2.05, 4.69) is 10.6 Å². The minimum atomic E-state index is -0.729. The molecule has 0 fully saturated rings. The Balaban J connectivity index is 1.79. The van der Waals surface area contributed by atoms with Gasteiger partial charge in [0, 0.05) is 18.5 Å². The van der Waals surface area contributed by atoms with Crippen molar-refractivity contribution in [3.05, 3.63) is 83.9 Å². The minimum Gasteiger partial charge on any atom is -0.353 e. The van der Waals surface area contributed by atoms with Gasteiger partial charge in [-0.25, -0.2) is 0 Å². The lowest BCUT2D eigenvalue weighted by atomic mass is 10.0. The molecule has 5 nitrogen and oxygen atoms in total. The SMILES string of the molecule is N#CCCNC(=O)C(Cc1ccc2ccccc2c1)NC(=O)c1ccccc1. The summed E-state index contributed by atoms with van der Waals surface area (Å²) in [6, 6.07) is 24.1. The van der Waals surface area contributed by atoms with Crippen LogP contribution in [0.2, 0.25) is 0 Å². The van der Waals surface area contributed by atoms with E-state index in [-0.39, 0.29) is 24.8 Å². The Morgan fingerprint density at radius 1 is 0.929 bits per heavy atom. The molecular formula is C23H21N3O2. The zero-order chi connectivity index (χ0) is 19.8. The highest BCUT2D eigenvalue weighted by Crippen LogP contribution is 2.17. The predicted octanol–water partition coefficient (Wildman–Crippen LogP) is 3.21. The maximum absolute atomic E-state index is 12.6. The van der Waals surface area contributed by atoms with Gasteiger partial charge in [0.05, 0.1) is 12.5 Å². The Labute approximate surface area is 164 Å². The van der Waals surface area contributed by atoms with Crippen molar-refractivity contribution in [2.45, 2.75) is 18.9 Å². The Morgan fingerprint density at radius 2 is 1.64 bits per heavy atom. The molecule has 0 heterocycles. The zero-order valence-corrected chi connectivity index (χ0v) is 15.4. The number of hydrogen-bond donors (Lipinski definition) is 2. The standard InChI is InChI=1S/C23H21N3O2/c24-13-6-14-25-23(28)21(26-22(27)19-8-2-1-3-9-19)16-17-11-12-18-7-4-5-10-20(18)15-17/h1-5,7-12,15,21H,6,14,16H2,(H,25,28)(H,26,27). The van der Waals surface area contributed by atoms with Gasteiger partial charge in [0.2, 0.25) is 5.91 Å². The molecule has 0 radical (unpaired) electrons. The third-order valence-electron chi connectivity index (χ3n) is 4.45. The van der Waals surface area contributed by atoms with Crippen molar-refractivity contribution in [2.24, 2.45) is 0 Å². The van der Waals surface area contributed by atoms with Crippen molar-refractivity contribution in [3.63, 3.8) is 0 Å². The van der Waals surface area contributed by atoms with Crippen LogP contribution >= 0.6 is 0 Å². The summed E-state index contributed by atoms with van der Waals surface area (Å²) in [5.41, 5.74) is 1.45. The maximum atomic E-state index is 12.6. The summed E-state index contributed by atoms with van der Waals surface area (Å²) in [6.45, 7) is 0.255. The van der Waals surface area contributed by atoms with Crippen LogP contribution in [-0.2, 0) is 11.2 Å². The molecule has 1 atom stereocenters. The van der Waals surface area contributed by atoms with Crippen molar-refractivity contribution in [1.29, 1.82) is 5.26 Å². The summed E-state index contributed by atoms with van der Waals surface area (Å²) < 4.78 is 0. The third kappa shape index (κ3) is 4.95. The van der Waals surface area contributed by atoms with Gasteiger partial charge in [0.15, 0.2) is 0 Å². The molecule has 3 aromatic carbocycles. The summed E-state index contributed by atoms with van der Waals surface area (Å²) in [5.74, 6) is -0.602. The first-order valence-electron chi connectivity index (χ1n) is 9.15. The monoisotopic (exact) mass is 371 g/mol. The van der Waals surface area contributed by atoms with Crippen LogP contribution < -0.4 is 10.6 Å². The highest BCUT2D eigenvalue weighted by molar-refractivity contribution is 5.97. The molecule has 2 amide bonds. The summed E-state index contributed by atoms with van der Waals surface area (Å²) in [5, 5.41) is 16.4. The van der Waals surface area contributed by atoms with Crippen LogP contribution in [0.5, 0.6) is 0 Å². The van der Waals surface area contributed by atoms with Crippen LogP contribution in [-0.4, -0.2) is 24.4 Å². The molecule has 2 N–H and O–H groups in total. The first-order valence-corrected chi connectivity index (χ1v) is 9.15. The van der Waals surface area contributed by atoms with Gasteiger partial charge in [0.25, 0.3) is 5.91 Å². The molecule has 0 aliphatic rings. The van der Waals surface area contributed by atoms with Crippen LogP contribution in [0, 0.1) is 11.3 Å². The topological polar surface area (TPSA) is 82.0 Å². The number of carbonyl (C=O) groups excluding carboxylic acids is 2. The minimum absolute atomic E-state index is 0.223. The first-order chi connectivity index (χ1) is 13.7.